The van der Waals surface area contributed by atoms with E-state index in [0.29, 0.717) is 17.5 Å². The number of nitrogens with zero attached hydrogens (tertiary/aromatic N) is 3. The van der Waals surface area contributed by atoms with Crippen molar-refractivity contribution in [3.05, 3.63) is 182 Å². The topological polar surface area (TPSA) is 74.2 Å². The van der Waals surface area contributed by atoms with E-state index in [1.54, 1.807) is 0 Å². The predicted octanol–water partition coefficient (Wildman–Crippen LogP) is 13.6. The second-order valence-corrected chi connectivity index (χ2v) is 15.4. The fourth-order valence-corrected chi connectivity index (χ4v) is 9.36. The number of ether oxygens (including phenoxy) is 1. The van der Waals surface area contributed by atoms with E-state index in [4.69, 9.17) is 28.5 Å². The first-order valence-electron chi connectivity index (χ1n) is 19.9. The highest BCUT2D eigenvalue weighted by Gasteiger charge is 2.35. The zero-order chi connectivity index (χ0) is 38.6. The third-order valence-corrected chi connectivity index (χ3v) is 12.1. The Morgan fingerprint density at radius 2 is 1.17 bits per heavy atom. The number of allylic oxidation sites excluding steroid dienone is 2. The van der Waals surface area contributed by atoms with Crippen molar-refractivity contribution in [2.24, 2.45) is 0 Å². The van der Waals surface area contributed by atoms with Gasteiger partial charge in [-0.05, 0) is 75.8 Å². The van der Waals surface area contributed by atoms with Crippen LogP contribution in [0.5, 0.6) is 5.75 Å². The number of furan rings is 2. The predicted molar refractivity (Wildman–Crippen MR) is 237 cm³/mol. The van der Waals surface area contributed by atoms with E-state index in [0.717, 1.165) is 105 Å². The first-order valence-corrected chi connectivity index (χ1v) is 19.9. The van der Waals surface area contributed by atoms with Gasteiger partial charge in [0.25, 0.3) is 0 Å². The molecule has 0 radical (unpaired) electrons. The number of hydrogen-bond acceptors (Lipinski definition) is 6. The molecule has 2 unspecified atom stereocenters. The normalized spacial score (nSPS) is 15.8. The fourth-order valence-electron chi connectivity index (χ4n) is 9.36. The van der Waals surface area contributed by atoms with Crippen LogP contribution >= 0.6 is 0 Å². The molecule has 0 spiro atoms. The summed E-state index contributed by atoms with van der Waals surface area (Å²) in [7, 11) is 0. The largest absolute Gasteiger partial charge is 0.484 e. The lowest BCUT2D eigenvalue weighted by Crippen LogP contribution is -2.15. The molecule has 6 nitrogen and oxygen atoms in total. The molecule has 4 heterocycles. The third-order valence-electron chi connectivity index (χ3n) is 12.1. The van der Waals surface area contributed by atoms with E-state index in [-0.39, 0.29) is 12.0 Å². The molecule has 13 rings (SSSR count). The molecule has 1 aliphatic heterocycles. The van der Waals surface area contributed by atoms with Gasteiger partial charge in [-0.15, -0.1) is 0 Å². The van der Waals surface area contributed by atoms with Gasteiger partial charge in [0.05, 0.1) is 5.56 Å². The molecular formula is C53H31N3O3. The molecule has 0 N–H and O–H groups in total. The zero-order valence-corrected chi connectivity index (χ0v) is 31.5. The summed E-state index contributed by atoms with van der Waals surface area (Å²) in [6, 6.07) is 52.4. The highest BCUT2D eigenvalue weighted by Crippen LogP contribution is 2.49. The zero-order valence-electron chi connectivity index (χ0n) is 31.5. The Morgan fingerprint density at radius 1 is 0.441 bits per heavy atom. The molecule has 2 atom stereocenters. The number of para-hydroxylation sites is 2. The summed E-state index contributed by atoms with van der Waals surface area (Å²) >= 11 is 0. The third kappa shape index (κ3) is 4.83. The Morgan fingerprint density at radius 3 is 2.12 bits per heavy atom. The number of fused-ring (bicyclic) bond motifs is 12. The van der Waals surface area contributed by atoms with Gasteiger partial charge in [-0.25, -0.2) is 15.0 Å². The fraction of sp³-hybridized carbons (Fsp3) is 0.0377. The molecule has 1 aliphatic carbocycles. The Hall–Kier alpha value is -7.83. The molecule has 276 valence electrons. The van der Waals surface area contributed by atoms with Gasteiger partial charge in [-0.2, -0.15) is 0 Å². The second kappa shape index (κ2) is 12.3. The van der Waals surface area contributed by atoms with E-state index in [1.165, 1.54) is 0 Å². The van der Waals surface area contributed by atoms with Crippen molar-refractivity contribution >= 4 is 65.4 Å². The summed E-state index contributed by atoms with van der Waals surface area (Å²) in [4.78, 5) is 16.1. The number of hydrogen-bond donors (Lipinski definition) is 0. The Bertz CT molecular complexity index is 3630. The van der Waals surface area contributed by atoms with Crippen molar-refractivity contribution in [3.63, 3.8) is 0 Å². The smallest absolute Gasteiger partial charge is 0.167 e. The number of aromatic nitrogens is 3. The van der Waals surface area contributed by atoms with E-state index in [9.17, 15) is 0 Å². The Kier molecular flexibility index (Phi) is 6.75. The van der Waals surface area contributed by atoms with Crippen LogP contribution in [-0.2, 0) is 0 Å². The number of rotatable bonds is 4. The molecule has 0 amide bonds. The van der Waals surface area contributed by atoms with Crippen LogP contribution in [0.4, 0.5) is 0 Å². The molecule has 3 aromatic heterocycles. The molecule has 59 heavy (non-hydrogen) atoms. The standard InChI is InChI=1S/C53H31N3O3/c1-2-13-32-29-33(24-23-30(32)11-1)51-54-52(41-19-9-18-38-35-15-5-7-20-42(35)58-50(38)41)56-53(55-51)48-37(27-28-45-47(48)39-16-6-8-21-43(39)57-45)36-17-10-22-44-46(36)40-26-25-31-12-3-4-14-34(31)49(40)59-44/h1-29,35,42H. The molecule has 2 aliphatic rings. The van der Waals surface area contributed by atoms with Gasteiger partial charge >= 0.3 is 0 Å². The Balaban J connectivity index is 1.13. The maximum absolute atomic E-state index is 6.70. The minimum Gasteiger partial charge on any atom is -0.484 e. The molecular weight excluding hydrogens is 727 g/mol. The van der Waals surface area contributed by atoms with Crippen LogP contribution < -0.4 is 4.74 Å². The minimum absolute atomic E-state index is 0.0857. The van der Waals surface area contributed by atoms with Crippen LogP contribution in [0.1, 0.15) is 11.5 Å². The molecule has 11 aromatic rings. The molecule has 0 fully saturated rings. The van der Waals surface area contributed by atoms with Gasteiger partial charge in [-0.1, -0.05) is 127 Å². The van der Waals surface area contributed by atoms with Crippen LogP contribution in [0.3, 0.4) is 0 Å². The summed E-state index contributed by atoms with van der Waals surface area (Å²) in [6.45, 7) is 0. The molecule has 0 saturated heterocycles. The first-order chi connectivity index (χ1) is 29.2. The minimum atomic E-state index is -0.0857. The average molecular weight is 758 g/mol. The average Bonchev–Trinajstić information content (AvgIpc) is 4.00. The molecule has 6 heteroatoms. The maximum Gasteiger partial charge on any atom is 0.167 e. The lowest BCUT2D eigenvalue weighted by molar-refractivity contribution is 0.269. The van der Waals surface area contributed by atoms with Gasteiger partial charge in [0.1, 0.15) is 34.2 Å². The molecule has 0 bridgehead atoms. The van der Waals surface area contributed by atoms with Crippen molar-refractivity contribution in [3.8, 4) is 51.0 Å². The first kappa shape index (κ1) is 32.3. The SMILES string of the molecule is C1=CC2Oc3c(-c4nc(-c5ccc6ccccc6c5)nc(-c5c(-c6cccc7oc8c9ccccc9ccc8c67)ccc6oc7ccccc7c56)n4)cccc3C2C=C1. The van der Waals surface area contributed by atoms with Gasteiger partial charge in [-0.3, -0.25) is 0 Å². The van der Waals surface area contributed by atoms with Crippen molar-refractivity contribution < 1.29 is 13.6 Å². The van der Waals surface area contributed by atoms with E-state index in [1.807, 2.05) is 12.1 Å². The maximum atomic E-state index is 6.70. The summed E-state index contributed by atoms with van der Waals surface area (Å²) in [5.74, 6) is 2.56. The molecule has 0 saturated carbocycles. The van der Waals surface area contributed by atoms with Crippen LogP contribution in [0.2, 0.25) is 0 Å². The van der Waals surface area contributed by atoms with E-state index >= 15 is 0 Å². The van der Waals surface area contributed by atoms with Crippen LogP contribution in [0, 0.1) is 0 Å². The van der Waals surface area contributed by atoms with E-state index in [2.05, 4.69) is 164 Å². The van der Waals surface area contributed by atoms with Crippen LogP contribution in [0.25, 0.3) is 111 Å². The summed E-state index contributed by atoms with van der Waals surface area (Å²) < 4.78 is 20.0. The summed E-state index contributed by atoms with van der Waals surface area (Å²) in [6.07, 6.45) is 8.38. The summed E-state index contributed by atoms with van der Waals surface area (Å²) in [5, 5.41) is 8.46. The van der Waals surface area contributed by atoms with Crippen LogP contribution in [0.15, 0.2) is 185 Å². The Labute approximate surface area is 337 Å². The van der Waals surface area contributed by atoms with Gasteiger partial charge in [0.2, 0.25) is 0 Å². The lowest BCUT2D eigenvalue weighted by Gasteiger charge is -2.15. The van der Waals surface area contributed by atoms with Gasteiger partial charge < -0.3 is 13.6 Å². The monoisotopic (exact) mass is 757 g/mol. The lowest BCUT2D eigenvalue weighted by atomic mass is 9.91. The molecule has 8 aromatic carbocycles. The van der Waals surface area contributed by atoms with Gasteiger partial charge in [0, 0.05) is 49.5 Å². The highest BCUT2D eigenvalue weighted by molar-refractivity contribution is 6.22. The second-order valence-electron chi connectivity index (χ2n) is 15.4. The van der Waals surface area contributed by atoms with Crippen molar-refractivity contribution in [2.75, 3.05) is 0 Å². The van der Waals surface area contributed by atoms with E-state index < -0.39 is 0 Å². The summed E-state index contributed by atoms with van der Waals surface area (Å²) in [5.41, 5.74) is 8.89. The quantitative estimate of drug-likeness (QED) is 0.178. The highest BCUT2D eigenvalue weighted by atomic mass is 16.5. The number of benzene rings is 8. The van der Waals surface area contributed by atoms with Crippen molar-refractivity contribution in [1.29, 1.82) is 0 Å². The van der Waals surface area contributed by atoms with Gasteiger partial charge in [0.15, 0.2) is 17.5 Å². The van der Waals surface area contributed by atoms with Crippen LogP contribution in [-0.4, -0.2) is 21.1 Å². The van der Waals surface area contributed by atoms with Crippen molar-refractivity contribution in [2.45, 2.75) is 12.0 Å². The van der Waals surface area contributed by atoms with Crippen molar-refractivity contribution in [1.82, 2.24) is 15.0 Å².